The fraction of sp³-hybridized carbons (Fsp3) is 0.556. The van der Waals surface area contributed by atoms with E-state index in [0.717, 1.165) is 0 Å². The lowest BCUT2D eigenvalue weighted by Crippen LogP contribution is -2.34. The molecule has 9 heteroatoms. The van der Waals surface area contributed by atoms with Gasteiger partial charge >= 0.3 is 5.69 Å². The molecule has 4 atom stereocenters. The summed E-state index contributed by atoms with van der Waals surface area (Å²) in [6, 6.07) is 0. The second-order valence-corrected chi connectivity index (χ2v) is 4.97. The molecule has 2 heterocycles. The number of aliphatic hydroxyl groups excluding tert-OH is 3. The largest absolute Gasteiger partial charge is 0.394 e. The molecule has 0 unspecified atom stereocenters. The van der Waals surface area contributed by atoms with Crippen LogP contribution in [-0.4, -0.2) is 50.2 Å². The third-order valence-electron chi connectivity index (χ3n) is 2.74. The lowest BCUT2D eigenvalue weighted by Gasteiger charge is -2.15. The predicted octanol–water partition coefficient (Wildman–Crippen LogP) is -2.18. The fourth-order valence-corrected chi connectivity index (χ4v) is 2.40. The van der Waals surface area contributed by atoms with Crippen LogP contribution in [0.15, 0.2) is 9.59 Å². The Kier molecular flexibility index (Phi) is 3.87. The monoisotopic (exact) mass is 370 g/mol. The second kappa shape index (κ2) is 5.09. The smallest absolute Gasteiger partial charge is 0.326 e. The van der Waals surface area contributed by atoms with Crippen LogP contribution < -0.4 is 11.2 Å². The first kappa shape index (κ1) is 13.7. The number of hydrogen-bond acceptors (Lipinski definition) is 6. The van der Waals surface area contributed by atoms with Gasteiger partial charge in [0.05, 0.1) is 12.3 Å². The van der Waals surface area contributed by atoms with Gasteiger partial charge in [-0.05, 0) is 22.6 Å². The summed E-state index contributed by atoms with van der Waals surface area (Å²) in [5, 5.41) is 28.4. The molecule has 1 aliphatic heterocycles. The highest BCUT2D eigenvalue weighted by atomic mass is 127. The Balaban J connectivity index is 2.45. The molecule has 1 aromatic rings. The van der Waals surface area contributed by atoms with Gasteiger partial charge in [-0.1, -0.05) is 0 Å². The molecule has 0 aromatic carbocycles. The van der Waals surface area contributed by atoms with Gasteiger partial charge in [-0.2, -0.15) is 0 Å². The molecular weight excluding hydrogens is 359 g/mol. The van der Waals surface area contributed by atoms with E-state index in [9.17, 15) is 19.8 Å². The number of H-pyrrole nitrogens is 2. The van der Waals surface area contributed by atoms with E-state index in [2.05, 4.69) is 4.98 Å². The molecule has 1 saturated heterocycles. The van der Waals surface area contributed by atoms with Crippen LogP contribution in [0.3, 0.4) is 0 Å². The minimum absolute atomic E-state index is 0.0897. The van der Waals surface area contributed by atoms with Crippen LogP contribution in [0.4, 0.5) is 0 Å². The standard InChI is InChI=1S/C9H11IN2O6/c10-3-4(11-9(17)12-8(3)16)7-6(15)5(14)2(1-13)18-7/h2,5-7,13-15H,1H2,(H2,11,12,16,17)/t2-,5-,6+,7-/m1/s1. The van der Waals surface area contributed by atoms with E-state index in [4.69, 9.17) is 9.84 Å². The van der Waals surface area contributed by atoms with Gasteiger partial charge in [0, 0.05) is 0 Å². The van der Waals surface area contributed by atoms with Crippen LogP contribution >= 0.6 is 22.6 Å². The normalized spacial score (nSPS) is 31.8. The average Bonchev–Trinajstić information content (AvgIpc) is 2.61. The molecule has 2 rings (SSSR count). The number of aromatic nitrogens is 2. The molecule has 0 amide bonds. The molecular formula is C9H11IN2O6. The number of rotatable bonds is 2. The third kappa shape index (κ3) is 2.23. The zero-order chi connectivity index (χ0) is 13.4. The van der Waals surface area contributed by atoms with Crippen molar-refractivity contribution in [3.05, 3.63) is 30.1 Å². The Morgan fingerprint density at radius 2 is 1.89 bits per heavy atom. The van der Waals surface area contributed by atoms with Gasteiger partial charge in [-0.25, -0.2) is 4.79 Å². The van der Waals surface area contributed by atoms with E-state index in [1.54, 1.807) is 22.6 Å². The zero-order valence-corrected chi connectivity index (χ0v) is 11.1. The number of hydrogen-bond donors (Lipinski definition) is 5. The molecule has 0 saturated carbocycles. The van der Waals surface area contributed by atoms with Crippen molar-refractivity contribution >= 4 is 22.6 Å². The number of ether oxygens (including phenoxy) is 1. The van der Waals surface area contributed by atoms with E-state index < -0.39 is 42.3 Å². The topological polar surface area (TPSA) is 136 Å². The highest BCUT2D eigenvalue weighted by Crippen LogP contribution is 2.33. The molecule has 0 radical (unpaired) electrons. The van der Waals surface area contributed by atoms with Gasteiger partial charge in [-0.3, -0.25) is 9.78 Å². The van der Waals surface area contributed by atoms with Crippen molar-refractivity contribution < 1.29 is 20.1 Å². The van der Waals surface area contributed by atoms with Crippen LogP contribution in [0.5, 0.6) is 0 Å². The van der Waals surface area contributed by atoms with Crippen LogP contribution in [0.1, 0.15) is 11.8 Å². The van der Waals surface area contributed by atoms with Crippen molar-refractivity contribution in [2.75, 3.05) is 6.61 Å². The van der Waals surface area contributed by atoms with E-state index in [0.29, 0.717) is 0 Å². The third-order valence-corrected chi connectivity index (χ3v) is 3.81. The molecule has 5 N–H and O–H groups in total. The quantitative estimate of drug-likeness (QED) is 0.376. The van der Waals surface area contributed by atoms with Crippen LogP contribution in [-0.2, 0) is 4.74 Å². The van der Waals surface area contributed by atoms with Crippen molar-refractivity contribution in [2.24, 2.45) is 0 Å². The van der Waals surface area contributed by atoms with Gasteiger partial charge in [0.1, 0.15) is 28.0 Å². The Bertz CT molecular complexity index is 555. The zero-order valence-electron chi connectivity index (χ0n) is 8.96. The second-order valence-electron chi connectivity index (χ2n) is 3.89. The highest BCUT2D eigenvalue weighted by molar-refractivity contribution is 14.1. The molecule has 100 valence electrons. The van der Waals surface area contributed by atoms with Crippen molar-refractivity contribution in [3.8, 4) is 0 Å². The van der Waals surface area contributed by atoms with Gasteiger partial charge in [0.15, 0.2) is 0 Å². The summed E-state index contributed by atoms with van der Waals surface area (Å²) < 4.78 is 5.39. The lowest BCUT2D eigenvalue weighted by molar-refractivity contribution is -0.0243. The van der Waals surface area contributed by atoms with Crippen molar-refractivity contribution in [2.45, 2.75) is 24.4 Å². The van der Waals surface area contributed by atoms with E-state index in [1.807, 2.05) is 4.98 Å². The van der Waals surface area contributed by atoms with Crippen molar-refractivity contribution in [1.82, 2.24) is 9.97 Å². The van der Waals surface area contributed by atoms with Crippen LogP contribution in [0, 0.1) is 3.57 Å². The molecule has 8 nitrogen and oxygen atoms in total. The minimum Gasteiger partial charge on any atom is -0.394 e. The van der Waals surface area contributed by atoms with Crippen molar-refractivity contribution in [1.29, 1.82) is 0 Å². The summed E-state index contributed by atoms with van der Waals surface area (Å²) in [6.45, 7) is -0.473. The Morgan fingerprint density at radius 1 is 1.22 bits per heavy atom. The molecule has 0 spiro atoms. The Morgan fingerprint density at radius 3 is 2.44 bits per heavy atom. The summed E-state index contributed by atoms with van der Waals surface area (Å²) in [5.41, 5.74) is -1.24. The SMILES string of the molecule is O=c1[nH]c([C@H]2O[C@H](CO)[C@@H](O)[C@@H]2O)c(I)c(=O)[nH]1. The summed E-state index contributed by atoms with van der Waals surface area (Å²) in [6.07, 6.45) is -4.62. The van der Waals surface area contributed by atoms with Crippen LogP contribution in [0.2, 0.25) is 0 Å². The maximum absolute atomic E-state index is 11.4. The minimum atomic E-state index is -1.33. The average molecular weight is 370 g/mol. The summed E-state index contributed by atoms with van der Waals surface area (Å²) in [5.74, 6) is 0. The van der Waals surface area contributed by atoms with Gasteiger partial charge < -0.3 is 25.0 Å². The van der Waals surface area contributed by atoms with Crippen molar-refractivity contribution in [3.63, 3.8) is 0 Å². The first-order valence-electron chi connectivity index (χ1n) is 5.10. The maximum atomic E-state index is 11.4. The first-order chi connectivity index (χ1) is 8.45. The number of halogens is 1. The molecule has 1 fully saturated rings. The number of aliphatic hydroxyl groups is 3. The van der Waals surface area contributed by atoms with E-state index in [-0.39, 0.29) is 9.26 Å². The lowest BCUT2D eigenvalue weighted by atomic mass is 10.1. The summed E-state index contributed by atoms with van der Waals surface area (Å²) in [4.78, 5) is 27.0. The molecule has 0 bridgehead atoms. The Labute approximate surface area is 114 Å². The van der Waals surface area contributed by atoms with Gasteiger partial charge in [0.25, 0.3) is 5.56 Å². The summed E-state index contributed by atoms with van der Waals surface area (Å²) in [7, 11) is 0. The predicted molar refractivity (Wildman–Crippen MR) is 67.1 cm³/mol. The molecule has 18 heavy (non-hydrogen) atoms. The fourth-order valence-electron chi connectivity index (χ4n) is 1.82. The molecule has 1 aliphatic rings. The van der Waals surface area contributed by atoms with Gasteiger partial charge in [0.2, 0.25) is 0 Å². The number of nitrogens with one attached hydrogen (secondary N) is 2. The highest BCUT2D eigenvalue weighted by Gasteiger charge is 2.44. The molecule has 1 aromatic heterocycles. The summed E-state index contributed by atoms with van der Waals surface area (Å²) >= 11 is 1.70. The van der Waals surface area contributed by atoms with Gasteiger partial charge in [-0.15, -0.1) is 0 Å². The van der Waals surface area contributed by atoms with E-state index in [1.165, 1.54) is 0 Å². The first-order valence-corrected chi connectivity index (χ1v) is 6.18. The van der Waals surface area contributed by atoms with E-state index >= 15 is 0 Å². The number of aromatic amines is 2. The maximum Gasteiger partial charge on any atom is 0.326 e. The Hall–Kier alpha value is -0.750. The molecule has 0 aliphatic carbocycles. The van der Waals surface area contributed by atoms with Crippen LogP contribution in [0.25, 0.3) is 0 Å².